The molecule has 2 aliphatic heterocycles. The number of ether oxygens (including phenoxy) is 2. The van der Waals surface area contributed by atoms with Crippen LogP contribution in [0, 0.1) is 5.41 Å². The third kappa shape index (κ3) is 3.17. The van der Waals surface area contributed by atoms with Gasteiger partial charge in [-0.05, 0) is 31.1 Å². The molecule has 19 heavy (non-hydrogen) atoms. The molecule has 0 aromatic heterocycles. The first-order valence-corrected chi connectivity index (χ1v) is 8.95. The molecular formula is C15H26BrNO2. The molecule has 1 saturated carbocycles. The van der Waals surface area contributed by atoms with Gasteiger partial charge < -0.3 is 9.47 Å². The van der Waals surface area contributed by atoms with E-state index >= 15 is 0 Å². The fourth-order valence-electron chi connectivity index (χ4n) is 3.94. The lowest BCUT2D eigenvalue weighted by molar-refractivity contribution is -0.105. The second-order valence-electron chi connectivity index (χ2n) is 6.48. The summed E-state index contributed by atoms with van der Waals surface area (Å²) in [5, 5.41) is 1.11. The third-order valence-corrected chi connectivity index (χ3v) is 6.41. The molecule has 0 N–H and O–H groups in total. The molecule has 2 heterocycles. The van der Waals surface area contributed by atoms with Crippen LogP contribution < -0.4 is 0 Å². The van der Waals surface area contributed by atoms with E-state index in [2.05, 4.69) is 20.8 Å². The van der Waals surface area contributed by atoms with Crippen LogP contribution in [0.3, 0.4) is 0 Å². The maximum atomic E-state index is 5.99. The molecule has 110 valence electrons. The zero-order valence-electron chi connectivity index (χ0n) is 11.8. The van der Waals surface area contributed by atoms with Crippen molar-refractivity contribution in [3.63, 3.8) is 0 Å². The monoisotopic (exact) mass is 331 g/mol. The lowest BCUT2D eigenvalue weighted by atomic mass is 9.80. The number of hydrogen-bond acceptors (Lipinski definition) is 3. The average molecular weight is 332 g/mol. The number of fused-ring (bicyclic) bond motifs is 1. The number of nitrogens with zero attached hydrogens (tertiary/aromatic N) is 1. The molecule has 0 spiro atoms. The smallest absolute Gasteiger partial charge is 0.0730 e. The van der Waals surface area contributed by atoms with Crippen molar-refractivity contribution in [3.05, 3.63) is 0 Å². The number of alkyl halides is 1. The highest BCUT2D eigenvalue weighted by atomic mass is 79.9. The fraction of sp³-hybridized carbons (Fsp3) is 1.00. The van der Waals surface area contributed by atoms with E-state index < -0.39 is 0 Å². The molecular weight excluding hydrogens is 306 g/mol. The van der Waals surface area contributed by atoms with E-state index in [1.807, 2.05) is 0 Å². The molecule has 4 heteroatoms. The Morgan fingerprint density at radius 1 is 1.11 bits per heavy atom. The van der Waals surface area contributed by atoms with Gasteiger partial charge in [0, 0.05) is 37.7 Å². The minimum atomic E-state index is 0.428. The quantitative estimate of drug-likeness (QED) is 0.742. The van der Waals surface area contributed by atoms with Crippen LogP contribution in [0.15, 0.2) is 0 Å². The Morgan fingerprint density at radius 3 is 2.68 bits per heavy atom. The third-order valence-electron chi connectivity index (χ3n) is 5.22. The van der Waals surface area contributed by atoms with Gasteiger partial charge in [0.05, 0.1) is 12.7 Å². The first-order chi connectivity index (χ1) is 9.33. The molecule has 1 aliphatic carbocycles. The van der Waals surface area contributed by atoms with Crippen LogP contribution in [-0.4, -0.2) is 55.3 Å². The summed E-state index contributed by atoms with van der Waals surface area (Å²) in [5.74, 6) is 0. The predicted octanol–water partition coefficient (Wildman–Crippen LogP) is 2.82. The van der Waals surface area contributed by atoms with Crippen LogP contribution in [0.2, 0.25) is 0 Å². The zero-order valence-corrected chi connectivity index (χ0v) is 13.4. The van der Waals surface area contributed by atoms with Gasteiger partial charge in [-0.3, -0.25) is 4.90 Å². The van der Waals surface area contributed by atoms with Crippen LogP contribution in [0.25, 0.3) is 0 Å². The maximum Gasteiger partial charge on any atom is 0.0730 e. The molecule has 0 amide bonds. The second kappa shape index (κ2) is 6.42. The summed E-state index contributed by atoms with van der Waals surface area (Å²) in [6.45, 7) is 5.15. The predicted molar refractivity (Wildman–Crippen MR) is 79.8 cm³/mol. The van der Waals surface area contributed by atoms with E-state index in [1.165, 1.54) is 45.1 Å². The van der Waals surface area contributed by atoms with Gasteiger partial charge in [-0.2, -0.15) is 0 Å². The minimum absolute atomic E-state index is 0.428. The van der Waals surface area contributed by atoms with E-state index in [9.17, 15) is 0 Å². The summed E-state index contributed by atoms with van der Waals surface area (Å²) in [7, 11) is 0. The van der Waals surface area contributed by atoms with Crippen molar-refractivity contribution in [1.82, 2.24) is 4.90 Å². The summed E-state index contributed by atoms with van der Waals surface area (Å²) in [5.41, 5.74) is 0.428. The highest BCUT2D eigenvalue weighted by Gasteiger charge is 2.40. The zero-order chi connectivity index (χ0) is 13.1. The summed E-state index contributed by atoms with van der Waals surface area (Å²) < 4.78 is 11.5. The van der Waals surface area contributed by atoms with E-state index in [1.54, 1.807) is 0 Å². The van der Waals surface area contributed by atoms with Crippen LogP contribution in [0.1, 0.15) is 38.5 Å². The van der Waals surface area contributed by atoms with Crippen molar-refractivity contribution < 1.29 is 9.47 Å². The van der Waals surface area contributed by atoms with Gasteiger partial charge in [0.1, 0.15) is 0 Å². The Labute approximate surface area is 125 Å². The highest BCUT2D eigenvalue weighted by Crippen LogP contribution is 2.37. The van der Waals surface area contributed by atoms with Gasteiger partial charge in [0.15, 0.2) is 0 Å². The number of halogens is 1. The molecule has 3 rings (SSSR count). The molecule has 3 aliphatic rings. The first kappa shape index (κ1) is 14.3. The van der Waals surface area contributed by atoms with Crippen LogP contribution in [-0.2, 0) is 9.47 Å². The lowest BCUT2D eigenvalue weighted by Crippen LogP contribution is -2.56. The van der Waals surface area contributed by atoms with Gasteiger partial charge in [0.2, 0.25) is 0 Å². The normalized spacial score (nSPS) is 35.8. The topological polar surface area (TPSA) is 21.7 Å². The summed E-state index contributed by atoms with van der Waals surface area (Å²) >= 11 is 3.77. The number of morpholine rings is 1. The molecule has 3 nitrogen and oxygen atoms in total. The van der Waals surface area contributed by atoms with E-state index in [-0.39, 0.29) is 0 Å². The van der Waals surface area contributed by atoms with Gasteiger partial charge in [0.25, 0.3) is 0 Å². The van der Waals surface area contributed by atoms with Crippen molar-refractivity contribution in [2.24, 2.45) is 5.41 Å². The molecule has 2 atom stereocenters. The number of hydrogen-bond donors (Lipinski definition) is 0. The van der Waals surface area contributed by atoms with Crippen molar-refractivity contribution >= 4 is 15.9 Å². The molecule has 2 unspecified atom stereocenters. The van der Waals surface area contributed by atoms with Crippen molar-refractivity contribution in [2.45, 2.75) is 50.7 Å². The summed E-state index contributed by atoms with van der Waals surface area (Å²) in [4.78, 5) is 2.74. The molecule has 0 aromatic rings. The second-order valence-corrected chi connectivity index (χ2v) is 7.04. The van der Waals surface area contributed by atoms with Crippen LogP contribution >= 0.6 is 15.9 Å². The summed E-state index contributed by atoms with van der Waals surface area (Å²) in [6, 6.07) is 0.682. The van der Waals surface area contributed by atoms with Crippen molar-refractivity contribution in [1.29, 1.82) is 0 Å². The summed E-state index contributed by atoms with van der Waals surface area (Å²) in [6.07, 6.45) is 8.25. The van der Waals surface area contributed by atoms with Gasteiger partial charge in [-0.15, -0.1) is 0 Å². The Balaban J connectivity index is 1.66. The lowest BCUT2D eigenvalue weighted by Gasteiger charge is -2.48. The molecule has 3 fully saturated rings. The van der Waals surface area contributed by atoms with Crippen molar-refractivity contribution in [2.75, 3.05) is 38.2 Å². The van der Waals surface area contributed by atoms with E-state index in [0.29, 0.717) is 17.6 Å². The largest absolute Gasteiger partial charge is 0.381 e. The Bertz CT molecular complexity index is 292. The molecule has 2 saturated heterocycles. The first-order valence-electron chi connectivity index (χ1n) is 7.82. The van der Waals surface area contributed by atoms with Crippen molar-refractivity contribution in [3.8, 4) is 0 Å². The maximum absolute atomic E-state index is 5.99. The average Bonchev–Trinajstić information content (AvgIpc) is 2.49. The van der Waals surface area contributed by atoms with Gasteiger partial charge >= 0.3 is 0 Å². The highest BCUT2D eigenvalue weighted by molar-refractivity contribution is 9.09. The van der Waals surface area contributed by atoms with E-state index in [0.717, 1.165) is 31.7 Å². The van der Waals surface area contributed by atoms with Gasteiger partial charge in [-0.25, -0.2) is 0 Å². The van der Waals surface area contributed by atoms with E-state index in [4.69, 9.17) is 9.47 Å². The molecule has 0 aromatic carbocycles. The minimum Gasteiger partial charge on any atom is -0.381 e. The van der Waals surface area contributed by atoms with Crippen LogP contribution in [0.4, 0.5) is 0 Å². The molecule has 0 bridgehead atoms. The van der Waals surface area contributed by atoms with Crippen LogP contribution in [0.5, 0.6) is 0 Å². The van der Waals surface area contributed by atoms with Gasteiger partial charge in [-0.1, -0.05) is 28.8 Å². The Morgan fingerprint density at radius 2 is 1.89 bits per heavy atom. The standard InChI is InChI=1S/C15H26BrNO2/c16-11-15(5-8-18-9-6-15)12-17-7-10-19-14-4-2-1-3-13(14)17/h13-14H,1-12H2. The Kier molecular flexibility index (Phi) is 4.83. The SMILES string of the molecule is BrCC1(CN2CCOC3CCCCC32)CCOCC1. The molecule has 0 radical (unpaired) electrons. The number of rotatable bonds is 3. The Hall–Kier alpha value is 0.360. The fourth-order valence-corrected chi connectivity index (χ4v) is 4.68.